The third-order valence-corrected chi connectivity index (χ3v) is 7.05. The summed E-state index contributed by atoms with van der Waals surface area (Å²) in [5, 5.41) is 12.1. The van der Waals surface area contributed by atoms with E-state index in [1.807, 2.05) is 6.07 Å². The summed E-state index contributed by atoms with van der Waals surface area (Å²) in [4.78, 5) is 32.6. The molecule has 4 aromatic rings. The molecule has 3 aromatic carbocycles. The third kappa shape index (κ3) is 4.00. The average molecular weight is 507 g/mol. The number of thiazole rings is 1. The van der Waals surface area contributed by atoms with E-state index in [-0.39, 0.29) is 11.3 Å². The highest BCUT2D eigenvalue weighted by molar-refractivity contribution is 7.22. The minimum atomic E-state index is -0.892. The Morgan fingerprint density at radius 3 is 2.29 bits per heavy atom. The van der Waals surface area contributed by atoms with E-state index in [9.17, 15) is 14.7 Å². The van der Waals surface area contributed by atoms with Gasteiger partial charge in [-0.25, -0.2) is 4.98 Å². The molecule has 1 fully saturated rings. The minimum Gasteiger partial charge on any atom is -0.507 e. The SMILES string of the molecule is COc1ccc(/C(O)=C2\C(=O)C(=O)N(c3nc4ccc(OC)cc4s3)[C@@H]2c2ccc(Cl)cc2)cc1. The van der Waals surface area contributed by atoms with E-state index in [2.05, 4.69) is 4.98 Å². The van der Waals surface area contributed by atoms with E-state index >= 15 is 0 Å². The minimum absolute atomic E-state index is 0.0284. The maximum absolute atomic E-state index is 13.3. The summed E-state index contributed by atoms with van der Waals surface area (Å²) in [7, 11) is 3.11. The fraction of sp³-hybridized carbons (Fsp3) is 0.115. The van der Waals surface area contributed by atoms with Crippen LogP contribution in [0.25, 0.3) is 16.0 Å². The van der Waals surface area contributed by atoms with Crippen LogP contribution in [-0.2, 0) is 9.59 Å². The van der Waals surface area contributed by atoms with Crippen molar-refractivity contribution in [2.45, 2.75) is 6.04 Å². The number of hydrogen-bond acceptors (Lipinski definition) is 7. The molecule has 9 heteroatoms. The second-order valence-electron chi connectivity index (χ2n) is 7.78. The number of ether oxygens (including phenoxy) is 2. The Hall–Kier alpha value is -3.88. The molecule has 0 saturated carbocycles. The van der Waals surface area contributed by atoms with Gasteiger partial charge in [0, 0.05) is 10.6 Å². The van der Waals surface area contributed by atoms with Crippen LogP contribution in [0.5, 0.6) is 11.5 Å². The van der Waals surface area contributed by atoms with E-state index in [1.165, 1.54) is 23.3 Å². The standard InChI is InChI=1S/C26H19ClN2O5S/c1-33-17-9-5-15(6-10-17)23(30)21-22(14-3-7-16(27)8-4-14)29(25(32)24(21)31)26-28-19-12-11-18(34-2)13-20(19)35-26/h3-13,22,30H,1-2H3/b23-21+/t22-/m1/s1. The number of methoxy groups -OCH3 is 2. The summed E-state index contributed by atoms with van der Waals surface area (Å²) in [6.45, 7) is 0. The van der Waals surface area contributed by atoms with Gasteiger partial charge in [-0.1, -0.05) is 35.1 Å². The van der Waals surface area contributed by atoms with Crippen molar-refractivity contribution in [1.82, 2.24) is 4.98 Å². The molecule has 1 atom stereocenters. The van der Waals surface area contributed by atoms with Gasteiger partial charge in [-0.05, 0) is 60.2 Å². The highest BCUT2D eigenvalue weighted by atomic mass is 35.5. The Bertz CT molecular complexity index is 1480. The smallest absolute Gasteiger partial charge is 0.301 e. The average Bonchev–Trinajstić information content (AvgIpc) is 3.41. The first-order valence-electron chi connectivity index (χ1n) is 10.6. The number of aliphatic hydroxyl groups excluding tert-OH is 1. The molecule has 0 radical (unpaired) electrons. The van der Waals surface area contributed by atoms with Crippen LogP contribution in [0, 0.1) is 0 Å². The van der Waals surface area contributed by atoms with Gasteiger partial charge in [0.15, 0.2) is 5.13 Å². The predicted molar refractivity (Wildman–Crippen MR) is 135 cm³/mol. The number of anilines is 1. The molecule has 2 heterocycles. The Morgan fingerprint density at radius 2 is 1.63 bits per heavy atom. The van der Waals surface area contributed by atoms with Crippen LogP contribution in [0.4, 0.5) is 5.13 Å². The number of fused-ring (bicyclic) bond motifs is 1. The molecule has 1 aromatic heterocycles. The van der Waals surface area contributed by atoms with Crippen molar-refractivity contribution >= 4 is 55.7 Å². The lowest BCUT2D eigenvalue weighted by Crippen LogP contribution is -2.29. The van der Waals surface area contributed by atoms with Gasteiger partial charge in [-0.3, -0.25) is 14.5 Å². The van der Waals surface area contributed by atoms with Crippen LogP contribution >= 0.6 is 22.9 Å². The first-order valence-corrected chi connectivity index (χ1v) is 11.8. The molecule has 7 nitrogen and oxygen atoms in total. The zero-order valence-electron chi connectivity index (χ0n) is 18.7. The molecular formula is C26H19ClN2O5S. The fourth-order valence-corrected chi connectivity index (χ4v) is 5.16. The summed E-state index contributed by atoms with van der Waals surface area (Å²) >= 11 is 7.35. The van der Waals surface area contributed by atoms with Crippen molar-refractivity contribution in [3.05, 3.63) is 88.5 Å². The molecule has 176 valence electrons. The number of aromatic nitrogens is 1. The number of hydrogen-bond donors (Lipinski definition) is 1. The van der Waals surface area contributed by atoms with Crippen LogP contribution in [0.3, 0.4) is 0 Å². The second kappa shape index (κ2) is 9.05. The van der Waals surface area contributed by atoms with Gasteiger partial charge in [0.2, 0.25) is 0 Å². The summed E-state index contributed by atoms with van der Waals surface area (Å²) < 4.78 is 11.3. The lowest BCUT2D eigenvalue weighted by molar-refractivity contribution is -0.132. The number of Topliss-reactive ketones (excluding diaryl/α,β-unsaturated/α-hetero) is 1. The lowest BCUT2D eigenvalue weighted by Gasteiger charge is -2.23. The number of nitrogens with zero attached hydrogens (tertiary/aromatic N) is 2. The monoisotopic (exact) mass is 506 g/mol. The molecule has 1 amide bonds. The molecule has 1 aliphatic heterocycles. The summed E-state index contributed by atoms with van der Waals surface area (Å²) in [6.07, 6.45) is 0. The molecule has 35 heavy (non-hydrogen) atoms. The lowest BCUT2D eigenvalue weighted by atomic mass is 9.95. The Balaban J connectivity index is 1.69. The van der Waals surface area contributed by atoms with Crippen molar-refractivity contribution in [1.29, 1.82) is 0 Å². The maximum atomic E-state index is 13.3. The number of halogens is 1. The van der Waals surface area contributed by atoms with Gasteiger partial charge in [-0.2, -0.15) is 0 Å². The number of carbonyl (C=O) groups is 2. The highest BCUT2D eigenvalue weighted by Crippen LogP contribution is 2.44. The van der Waals surface area contributed by atoms with Crippen molar-refractivity contribution < 1.29 is 24.2 Å². The maximum Gasteiger partial charge on any atom is 0.301 e. The zero-order chi connectivity index (χ0) is 24.7. The Labute approximate surface area is 209 Å². The van der Waals surface area contributed by atoms with Gasteiger partial charge in [-0.15, -0.1) is 0 Å². The Morgan fingerprint density at radius 1 is 0.971 bits per heavy atom. The van der Waals surface area contributed by atoms with Gasteiger partial charge < -0.3 is 14.6 Å². The largest absolute Gasteiger partial charge is 0.507 e. The van der Waals surface area contributed by atoms with E-state index in [4.69, 9.17) is 21.1 Å². The van der Waals surface area contributed by atoms with E-state index < -0.39 is 17.7 Å². The van der Waals surface area contributed by atoms with Gasteiger partial charge >= 0.3 is 5.91 Å². The zero-order valence-corrected chi connectivity index (χ0v) is 20.3. The van der Waals surface area contributed by atoms with Gasteiger partial charge in [0.1, 0.15) is 17.3 Å². The van der Waals surface area contributed by atoms with Crippen molar-refractivity contribution in [2.75, 3.05) is 19.1 Å². The number of benzene rings is 3. The first-order chi connectivity index (χ1) is 16.9. The summed E-state index contributed by atoms with van der Waals surface area (Å²) in [5.41, 5.74) is 1.63. The molecule has 5 rings (SSSR count). The molecule has 0 spiro atoms. The van der Waals surface area contributed by atoms with E-state index in [1.54, 1.807) is 67.8 Å². The highest BCUT2D eigenvalue weighted by Gasteiger charge is 2.48. The number of carbonyl (C=O) groups excluding carboxylic acids is 2. The van der Waals surface area contributed by atoms with E-state index in [0.717, 1.165) is 4.70 Å². The van der Waals surface area contributed by atoms with Crippen molar-refractivity contribution in [3.63, 3.8) is 0 Å². The summed E-state index contributed by atoms with van der Waals surface area (Å²) in [6, 6.07) is 17.9. The third-order valence-electron chi connectivity index (χ3n) is 5.78. The van der Waals surface area contributed by atoms with Crippen LogP contribution in [0.1, 0.15) is 17.2 Å². The molecule has 0 unspecified atom stereocenters. The van der Waals surface area contributed by atoms with Crippen LogP contribution in [0.2, 0.25) is 5.02 Å². The fourth-order valence-electron chi connectivity index (χ4n) is 4.02. The number of aliphatic hydroxyl groups is 1. The quantitative estimate of drug-likeness (QED) is 0.215. The molecule has 1 saturated heterocycles. The Kier molecular flexibility index (Phi) is 5.92. The normalized spacial score (nSPS) is 17.2. The van der Waals surface area contributed by atoms with Crippen LogP contribution in [-0.4, -0.2) is 36.0 Å². The molecule has 1 N–H and O–H groups in total. The summed E-state index contributed by atoms with van der Waals surface area (Å²) in [5.74, 6) is -0.595. The van der Waals surface area contributed by atoms with Crippen molar-refractivity contribution in [2.24, 2.45) is 0 Å². The topological polar surface area (TPSA) is 89.0 Å². The number of rotatable bonds is 5. The second-order valence-corrected chi connectivity index (χ2v) is 9.22. The number of amides is 1. The van der Waals surface area contributed by atoms with Gasteiger partial charge in [0.25, 0.3) is 5.78 Å². The first kappa shape index (κ1) is 22.9. The van der Waals surface area contributed by atoms with Gasteiger partial charge in [0.05, 0.1) is 36.1 Å². The van der Waals surface area contributed by atoms with E-state index in [0.29, 0.717) is 38.3 Å². The molecule has 1 aliphatic rings. The predicted octanol–water partition coefficient (Wildman–Crippen LogP) is 5.59. The molecular weight excluding hydrogens is 488 g/mol. The van der Waals surface area contributed by atoms with Crippen LogP contribution < -0.4 is 14.4 Å². The molecule has 0 bridgehead atoms. The van der Waals surface area contributed by atoms with Crippen molar-refractivity contribution in [3.8, 4) is 11.5 Å². The van der Waals surface area contributed by atoms with Crippen LogP contribution in [0.15, 0.2) is 72.3 Å². The molecule has 0 aliphatic carbocycles. The number of ketones is 1.